The van der Waals surface area contributed by atoms with Gasteiger partial charge in [-0.2, -0.15) is 0 Å². The first-order chi connectivity index (χ1) is 8.51. The summed E-state index contributed by atoms with van der Waals surface area (Å²) in [4.78, 5) is 34.0. The molecule has 1 N–H and O–H groups in total. The zero-order valence-electron chi connectivity index (χ0n) is 9.75. The molecule has 0 aliphatic rings. The fourth-order valence-corrected chi connectivity index (χ4v) is 1.39. The molecule has 0 heterocycles. The average Bonchev–Trinajstić information content (AvgIpc) is 2.38. The van der Waals surface area contributed by atoms with Crippen molar-refractivity contribution in [2.45, 2.75) is 0 Å². The van der Waals surface area contributed by atoms with Crippen LogP contribution in [0.25, 0.3) is 6.08 Å². The first kappa shape index (κ1) is 13.6. The van der Waals surface area contributed by atoms with Crippen molar-refractivity contribution in [3.8, 4) is 0 Å². The van der Waals surface area contributed by atoms with Crippen LogP contribution in [0.2, 0.25) is 0 Å². The molecule has 1 unspecified atom stereocenters. The third kappa shape index (κ3) is 2.82. The number of carboxylic acids is 1. The highest BCUT2D eigenvalue weighted by Crippen LogP contribution is 2.13. The number of ether oxygens (including phenoxy) is 1. The predicted octanol–water partition coefficient (Wildman–Crippen LogP) is 1.39. The number of esters is 1. The van der Waals surface area contributed by atoms with Crippen LogP contribution >= 0.6 is 0 Å². The van der Waals surface area contributed by atoms with E-state index in [0.29, 0.717) is 0 Å². The minimum atomic E-state index is -1.83. The topological polar surface area (TPSA) is 80.7 Å². The van der Waals surface area contributed by atoms with Gasteiger partial charge in [0.2, 0.25) is 5.92 Å². The molecule has 1 atom stereocenters. The average molecular weight is 248 g/mol. The normalized spacial score (nSPS) is 11.4. The minimum absolute atomic E-state index is 0.137. The van der Waals surface area contributed by atoms with Gasteiger partial charge in [0.25, 0.3) is 0 Å². The molecule has 5 heteroatoms. The van der Waals surface area contributed by atoms with Gasteiger partial charge in [0.1, 0.15) is 0 Å². The Balaban J connectivity index is 3.05. The fourth-order valence-electron chi connectivity index (χ4n) is 1.39. The largest absolute Gasteiger partial charge is 0.480 e. The van der Waals surface area contributed by atoms with Gasteiger partial charge >= 0.3 is 11.9 Å². The molecule has 0 amide bonds. The maximum Gasteiger partial charge on any atom is 0.328 e. The Morgan fingerprint density at radius 1 is 1.28 bits per heavy atom. The molecule has 5 nitrogen and oxygen atoms in total. The smallest absolute Gasteiger partial charge is 0.328 e. The molecule has 0 radical (unpaired) electrons. The highest BCUT2D eigenvalue weighted by molar-refractivity contribution is 6.20. The van der Waals surface area contributed by atoms with Crippen molar-refractivity contribution in [3.63, 3.8) is 0 Å². The van der Waals surface area contributed by atoms with E-state index < -0.39 is 23.6 Å². The van der Waals surface area contributed by atoms with E-state index in [4.69, 9.17) is 5.11 Å². The standard InChI is InChI=1S/C13H12O5/c1-3-8-4-6-9(7-5-8)11(14)10(12(15)16)13(17)18-2/h3-7,10H,1H2,2H3,(H,15,16). The van der Waals surface area contributed by atoms with Gasteiger partial charge in [-0.15, -0.1) is 0 Å². The molecular weight excluding hydrogens is 236 g/mol. The van der Waals surface area contributed by atoms with Crippen LogP contribution in [0, 0.1) is 5.92 Å². The lowest BCUT2D eigenvalue weighted by Gasteiger charge is -2.09. The highest BCUT2D eigenvalue weighted by Gasteiger charge is 2.35. The minimum Gasteiger partial charge on any atom is -0.480 e. The zero-order valence-corrected chi connectivity index (χ0v) is 9.75. The van der Waals surface area contributed by atoms with E-state index in [-0.39, 0.29) is 5.56 Å². The third-order valence-electron chi connectivity index (χ3n) is 2.38. The number of aliphatic carboxylic acids is 1. The van der Waals surface area contributed by atoms with Crippen LogP contribution in [0.15, 0.2) is 30.8 Å². The number of methoxy groups -OCH3 is 1. The second kappa shape index (κ2) is 5.77. The molecule has 0 aromatic heterocycles. The molecule has 94 valence electrons. The zero-order chi connectivity index (χ0) is 13.7. The Hall–Kier alpha value is -2.43. The molecular formula is C13H12O5. The molecule has 18 heavy (non-hydrogen) atoms. The number of benzene rings is 1. The lowest BCUT2D eigenvalue weighted by atomic mass is 9.97. The van der Waals surface area contributed by atoms with E-state index in [1.165, 1.54) is 12.1 Å². The number of carbonyl (C=O) groups excluding carboxylic acids is 2. The van der Waals surface area contributed by atoms with Crippen molar-refractivity contribution in [3.05, 3.63) is 42.0 Å². The van der Waals surface area contributed by atoms with E-state index in [0.717, 1.165) is 12.7 Å². The Labute approximate surface area is 104 Å². The number of Topliss-reactive ketones (excluding diaryl/α,β-unsaturated/α-hetero) is 1. The van der Waals surface area contributed by atoms with E-state index >= 15 is 0 Å². The third-order valence-corrected chi connectivity index (χ3v) is 2.38. The van der Waals surface area contributed by atoms with Crippen LogP contribution in [-0.4, -0.2) is 29.9 Å². The number of carbonyl (C=O) groups is 3. The number of ketones is 1. The summed E-state index contributed by atoms with van der Waals surface area (Å²) in [5, 5.41) is 8.87. The van der Waals surface area contributed by atoms with Gasteiger partial charge in [-0.1, -0.05) is 36.9 Å². The molecule has 1 aromatic rings. The second-order valence-electron chi connectivity index (χ2n) is 3.48. The van der Waals surface area contributed by atoms with Gasteiger partial charge in [-0.25, -0.2) is 0 Å². The summed E-state index contributed by atoms with van der Waals surface area (Å²) in [6, 6.07) is 6.10. The van der Waals surface area contributed by atoms with Crippen molar-refractivity contribution in [2.75, 3.05) is 7.11 Å². The maximum absolute atomic E-state index is 11.9. The summed E-state index contributed by atoms with van der Waals surface area (Å²) in [5.41, 5.74) is 0.926. The van der Waals surface area contributed by atoms with E-state index in [1.807, 2.05) is 0 Å². The van der Waals surface area contributed by atoms with Gasteiger partial charge < -0.3 is 9.84 Å². The van der Waals surface area contributed by atoms with E-state index in [1.54, 1.807) is 18.2 Å². The predicted molar refractivity (Wildman–Crippen MR) is 64.0 cm³/mol. The number of rotatable bonds is 5. The second-order valence-corrected chi connectivity index (χ2v) is 3.48. The van der Waals surface area contributed by atoms with Crippen LogP contribution in [0.5, 0.6) is 0 Å². The number of hydrogen-bond donors (Lipinski definition) is 1. The monoisotopic (exact) mass is 248 g/mol. The summed E-state index contributed by atoms with van der Waals surface area (Å²) < 4.78 is 4.30. The summed E-state index contributed by atoms with van der Waals surface area (Å²) in [7, 11) is 1.03. The molecule has 0 aliphatic heterocycles. The Morgan fingerprint density at radius 3 is 2.22 bits per heavy atom. The Kier molecular flexibility index (Phi) is 4.37. The summed E-state index contributed by atoms with van der Waals surface area (Å²) >= 11 is 0. The molecule has 0 fully saturated rings. The Morgan fingerprint density at radius 2 is 1.83 bits per heavy atom. The first-order valence-corrected chi connectivity index (χ1v) is 5.08. The van der Waals surface area contributed by atoms with Gasteiger partial charge in [0.05, 0.1) is 7.11 Å². The molecule has 1 aromatic carbocycles. The van der Waals surface area contributed by atoms with Crippen LogP contribution in [0.3, 0.4) is 0 Å². The van der Waals surface area contributed by atoms with Gasteiger partial charge in [-0.3, -0.25) is 14.4 Å². The van der Waals surface area contributed by atoms with Gasteiger partial charge in [0.15, 0.2) is 5.78 Å². The molecule has 0 saturated heterocycles. The molecule has 0 bridgehead atoms. The summed E-state index contributed by atoms with van der Waals surface area (Å²) in [5.74, 6) is -5.24. The first-order valence-electron chi connectivity index (χ1n) is 5.08. The summed E-state index contributed by atoms with van der Waals surface area (Å²) in [6.45, 7) is 3.56. The van der Waals surface area contributed by atoms with Crippen LogP contribution in [-0.2, 0) is 14.3 Å². The van der Waals surface area contributed by atoms with Crippen molar-refractivity contribution >= 4 is 23.8 Å². The molecule has 1 rings (SSSR count). The lowest BCUT2D eigenvalue weighted by Crippen LogP contribution is -2.32. The van der Waals surface area contributed by atoms with E-state index in [2.05, 4.69) is 11.3 Å². The molecule has 0 saturated carbocycles. The van der Waals surface area contributed by atoms with Crippen LogP contribution in [0.1, 0.15) is 15.9 Å². The Bertz CT molecular complexity index is 487. The molecule has 0 spiro atoms. The summed E-state index contributed by atoms with van der Waals surface area (Å²) in [6.07, 6.45) is 1.59. The quantitative estimate of drug-likeness (QED) is 0.483. The van der Waals surface area contributed by atoms with Crippen molar-refractivity contribution in [1.82, 2.24) is 0 Å². The van der Waals surface area contributed by atoms with Gasteiger partial charge in [-0.05, 0) is 5.56 Å². The SMILES string of the molecule is C=Cc1ccc(C(=O)C(C(=O)O)C(=O)OC)cc1. The number of hydrogen-bond acceptors (Lipinski definition) is 4. The lowest BCUT2D eigenvalue weighted by molar-refractivity contribution is -0.153. The molecule has 0 aliphatic carbocycles. The number of carboxylic acid groups (broad SMARTS) is 1. The van der Waals surface area contributed by atoms with Crippen LogP contribution < -0.4 is 0 Å². The van der Waals surface area contributed by atoms with E-state index in [9.17, 15) is 14.4 Å². The van der Waals surface area contributed by atoms with Crippen molar-refractivity contribution < 1.29 is 24.2 Å². The van der Waals surface area contributed by atoms with Crippen LogP contribution in [0.4, 0.5) is 0 Å². The van der Waals surface area contributed by atoms with Crippen molar-refractivity contribution in [2.24, 2.45) is 5.92 Å². The fraction of sp³-hybridized carbons (Fsp3) is 0.154. The van der Waals surface area contributed by atoms with Gasteiger partial charge in [0, 0.05) is 5.56 Å². The highest BCUT2D eigenvalue weighted by atomic mass is 16.5. The maximum atomic E-state index is 11.9. The van der Waals surface area contributed by atoms with Crippen molar-refractivity contribution in [1.29, 1.82) is 0 Å².